The minimum Gasteiger partial charge on any atom is -0.357 e. The summed E-state index contributed by atoms with van der Waals surface area (Å²) in [5, 5.41) is 6.76. The van der Waals surface area contributed by atoms with Crippen LogP contribution in [0.2, 0.25) is 0 Å². The number of hydrogen-bond acceptors (Lipinski definition) is 3. The van der Waals surface area contributed by atoms with E-state index in [1.165, 1.54) is 58.4 Å². The molecule has 1 fully saturated rings. The fourth-order valence-corrected chi connectivity index (χ4v) is 2.73. The van der Waals surface area contributed by atoms with Crippen molar-refractivity contribution in [1.29, 1.82) is 0 Å². The molecule has 1 heterocycles. The van der Waals surface area contributed by atoms with Gasteiger partial charge in [0.05, 0.1) is 0 Å². The average Bonchev–Trinajstić information content (AvgIpc) is 2.72. The molecule has 1 aliphatic rings. The highest BCUT2D eigenvalue weighted by Gasteiger charge is 2.10. The fraction of sp³-hybridized carbons (Fsp3) is 0.941. The monoisotopic (exact) mass is 439 g/mol. The van der Waals surface area contributed by atoms with Crippen molar-refractivity contribution in [1.82, 2.24) is 20.4 Å². The van der Waals surface area contributed by atoms with E-state index in [1.54, 1.807) is 0 Å². The van der Waals surface area contributed by atoms with Crippen LogP contribution in [0.1, 0.15) is 46.0 Å². The number of hydrogen-bond donors (Lipinski definition) is 2. The molecule has 23 heavy (non-hydrogen) atoms. The smallest absolute Gasteiger partial charge is 0.191 e. The van der Waals surface area contributed by atoms with Crippen molar-refractivity contribution in [3.63, 3.8) is 0 Å². The normalized spacial score (nSPS) is 17.4. The molecule has 5 nitrogen and oxygen atoms in total. The van der Waals surface area contributed by atoms with Crippen LogP contribution in [-0.4, -0.2) is 75.2 Å². The van der Waals surface area contributed by atoms with Crippen LogP contribution in [0.5, 0.6) is 0 Å². The van der Waals surface area contributed by atoms with E-state index in [9.17, 15) is 0 Å². The predicted molar refractivity (Wildman–Crippen MR) is 112 cm³/mol. The topological polar surface area (TPSA) is 42.9 Å². The predicted octanol–water partition coefficient (Wildman–Crippen LogP) is 2.38. The highest BCUT2D eigenvalue weighted by Crippen LogP contribution is 2.01. The third kappa shape index (κ3) is 12.0. The second kappa shape index (κ2) is 15.4. The molecule has 2 N–H and O–H groups in total. The van der Waals surface area contributed by atoms with Gasteiger partial charge in [-0.3, -0.25) is 4.99 Å². The van der Waals surface area contributed by atoms with Gasteiger partial charge in [-0.1, -0.05) is 19.8 Å². The molecule has 0 aromatic heterocycles. The van der Waals surface area contributed by atoms with Crippen molar-refractivity contribution in [2.75, 3.05) is 59.4 Å². The number of likely N-dealkylation sites (N-methyl/N-ethyl adjacent to an activating group) is 1. The van der Waals surface area contributed by atoms with Crippen molar-refractivity contribution in [2.45, 2.75) is 46.0 Å². The minimum absolute atomic E-state index is 0. The number of rotatable bonds is 9. The van der Waals surface area contributed by atoms with E-state index in [4.69, 9.17) is 4.99 Å². The molecular weight excluding hydrogens is 401 g/mol. The molecule has 1 saturated heterocycles. The molecule has 0 bridgehead atoms. The van der Waals surface area contributed by atoms with E-state index in [-0.39, 0.29) is 24.0 Å². The number of nitrogens with zero attached hydrogens (tertiary/aromatic N) is 3. The van der Waals surface area contributed by atoms with Crippen LogP contribution in [-0.2, 0) is 0 Å². The summed E-state index contributed by atoms with van der Waals surface area (Å²) in [6.45, 7) is 13.3. The summed E-state index contributed by atoms with van der Waals surface area (Å²) >= 11 is 0. The maximum atomic E-state index is 4.69. The zero-order chi connectivity index (χ0) is 16.0. The number of aliphatic imine (C=N–C) groups is 1. The van der Waals surface area contributed by atoms with Crippen LogP contribution < -0.4 is 10.6 Å². The number of unbranched alkanes of at least 4 members (excludes halogenated alkanes) is 2. The van der Waals surface area contributed by atoms with E-state index in [0.29, 0.717) is 0 Å². The molecule has 0 aliphatic carbocycles. The van der Waals surface area contributed by atoms with Gasteiger partial charge in [0, 0.05) is 32.7 Å². The first-order chi connectivity index (χ1) is 10.8. The lowest BCUT2D eigenvalue weighted by molar-refractivity contribution is 0.275. The molecule has 138 valence electrons. The van der Waals surface area contributed by atoms with Gasteiger partial charge >= 0.3 is 0 Å². The summed E-state index contributed by atoms with van der Waals surface area (Å²) in [5.41, 5.74) is 0. The molecule has 0 radical (unpaired) electrons. The third-order valence-corrected chi connectivity index (χ3v) is 4.13. The van der Waals surface area contributed by atoms with Crippen molar-refractivity contribution in [2.24, 2.45) is 4.99 Å². The van der Waals surface area contributed by atoms with Crippen LogP contribution in [0.15, 0.2) is 4.99 Å². The Labute approximate surface area is 160 Å². The Kier molecular flexibility index (Phi) is 15.4. The first-order valence-corrected chi connectivity index (χ1v) is 9.19. The van der Waals surface area contributed by atoms with E-state index in [1.807, 2.05) is 0 Å². The van der Waals surface area contributed by atoms with Gasteiger partial charge in [-0.2, -0.15) is 0 Å². The third-order valence-electron chi connectivity index (χ3n) is 4.13. The molecular formula is C17H38IN5. The lowest BCUT2D eigenvalue weighted by Crippen LogP contribution is -2.38. The highest BCUT2D eigenvalue weighted by atomic mass is 127. The van der Waals surface area contributed by atoms with Gasteiger partial charge in [0.15, 0.2) is 5.96 Å². The summed E-state index contributed by atoms with van der Waals surface area (Å²) < 4.78 is 0. The lowest BCUT2D eigenvalue weighted by Gasteiger charge is -2.19. The quantitative estimate of drug-likeness (QED) is 0.251. The summed E-state index contributed by atoms with van der Waals surface area (Å²) in [4.78, 5) is 9.71. The maximum Gasteiger partial charge on any atom is 0.191 e. The Hall–Kier alpha value is -0.0800. The first-order valence-electron chi connectivity index (χ1n) is 9.19. The molecule has 1 rings (SSSR count). The maximum absolute atomic E-state index is 4.69. The van der Waals surface area contributed by atoms with Gasteiger partial charge in [-0.25, -0.2) is 0 Å². The molecule has 0 spiro atoms. The standard InChI is InChI=1S/C17H37N5.HI/c1-4-6-7-10-19-17(18-5-2)20-11-8-13-22-14-9-12-21(3)15-16-22;/h4-16H2,1-3H3,(H2,18,19,20);1H. The zero-order valence-electron chi connectivity index (χ0n) is 15.4. The van der Waals surface area contributed by atoms with Crippen molar-refractivity contribution >= 4 is 29.9 Å². The molecule has 0 atom stereocenters. The Morgan fingerprint density at radius 3 is 2.57 bits per heavy atom. The van der Waals surface area contributed by atoms with E-state index < -0.39 is 0 Å². The average molecular weight is 439 g/mol. The SMILES string of the molecule is CCCCCNC(=NCCCN1CCCN(C)CC1)NCC.I. The van der Waals surface area contributed by atoms with Crippen LogP contribution in [0, 0.1) is 0 Å². The highest BCUT2D eigenvalue weighted by molar-refractivity contribution is 14.0. The second-order valence-corrected chi connectivity index (χ2v) is 6.25. The fourth-order valence-electron chi connectivity index (χ4n) is 2.73. The lowest BCUT2D eigenvalue weighted by atomic mass is 10.2. The van der Waals surface area contributed by atoms with Crippen molar-refractivity contribution < 1.29 is 0 Å². The Bertz CT molecular complexity index is 299. The molecule has 0 amide bonds. The molecule has 0 unspecified atom stereocenters. The van der Waals surface area contributed by atoms with E-state index in [2.05, 4.69) is 41.3 Å². The van der Waals surface area contributed by atoms with Crippen molar-refractivity contribution in [3.8, 4) is 0 Å². The Morgan fingerprint density at radius 2 is 1.83 bits per heavy atom. The van der Waals surface area contributed by atoms with Gasteiger partial charge in [0.1, 0.15) is 0 Å². The summed E-state index contributed by atoms with van der Waals surface area (Å²) in [6, 6.07) is 0. The largest absolute Gasteiger partial charge is 0.357 e. The molecule has 6 heteroatoms. The Balaban J connectivity index is 0.00000484. The van der Waals surface area contributed by atoms with Crippen LogP contribution >= 0.6 is 24.0 Å². The number of nitrogens with one attached hydrogen (secondary N) is 2. The van der Waals surface area contributed by atoms with Crippen LogP contribution in [0.25, 0.3) is 0 Å². The number of halogens is 1. The van der Waals surface area contributed by atoms with E-state index >= 15 is 0 Å². The first kappa shape index (κ1) is 22.9. The van der Waals surface area contributed by atoms with Gasteiger partial charge < -0.3 is 20.4 Å². The van der Waals surface area contributed by atoms with Crippen molar-refractivity contribution in [3.05, 3.63) is 0 Å². The molecule has 1 aliphatic heterocycles. The van der Waals surface area contributed by atoms with Gasteiger partial charge in [-0.05, 0) is 52.9 Å². The van der Waals surface area contributed by atoms with Gasteiger partial charge in [0.2, 0.25) is 0 Å². The minimum atomic E-state index is 0. The van der Waals surface area contributed by atoms with Crippen LogP contribution in [0.4, 0.5) is 0 Å². The van der Waals surface area contributed by atoms with E-state index in [0.717, 1.165) is 32.0 Å². The molecule has 0 aromatic rings. The van der Waals surface area contributed by atoms with Gasteiger partial charge in [-0.15, -0.1) is 24.0 Å². The summed E-state index contributed by atoms with van der Waals surface area (Å²) in [7, 11) is 2.22. The molecule has 0 aromatic carbocycles. The summed E-state index contributed by atoms with van der Waals surface area (Å²) in [6.07, 6.45) is 6.22. The molecule has 0 saturated carbocycles. The van der Waals surface area contributed by atoms with Gasteiger partial charge in [0.25, 0.3) is 0 Å². The second-order valence-electron chi connectivity index (χ2n) is 6.25. The number of guanidine groups is 1. The zero-order valence-corrected chi connectivity index (χ0v) is 17.8. The summed E-state index contributed by atoms with van der Waals surface area (Å²) in [5.74, 6) is 0.981. The Morgan fingerprint density at radius 1 is 1.00 bits per heavy atom. The van der Waals surface area contributed by atoms with Crippen LogP contribution in [0.3, 0.4) is 0 Å².